The number of rotatable bonds is 2. The van der Waals surface area contributed by atoms with Gasteiger partial charge in [0.15, 0.2) is 0 Å². The summed E-state index contributed by atoms with van der Waals surface area (Å²) in [6, 6.07) is 2.22. The highest BCUT2D eigenvalue weighted by Gasteiger charge is 2.34. The molecule has 0 unspecified atom stereocenters. The van der Waals surface area contributed by atoms with E-state index in [2.05, 4.69) is 0 Å². The lowest BCUT2D eigenvalue weighted by molar-refractivity contribution is -0.140. The molecule has 1 nitrogen and oxygen atoms in total. The number of aliphatic hydroxyl groups is 1. The van der Waals surface area contributed by atoms with Gasteiger partial charge in [-0.15, -0.1) is 11.6 Å². The molecule has 0 radical (unpaired) electrons. The van der Waals surface area contributed by atoms with E-state index in [-0.39, 0.29) is 11.4 Å². The van der Waals surface area contributed by atoms with Crippen LogP contribution < -0.4 is 0 Å². The molecule has 0 amide bonds. The molecule has 84 valence electrons. The Morgan fingerprint density at radius 2 is 1.93 bits per heavy atom. The van der Waals surface area contributed by atoms with Gasteiger partial charge in [-0.1, -0.05) is 6.07 Å². The fourth-order valence-electron chi connectivity index (χ4n) is 1.06. The van der Waals surface area contributed by atoms with Gasteiger partial charge in [0.1, 0.15) is 5.82 Å². The van der Waals surface area contributed by atoms with Crippen LogP contribution >= 0.6 is 11.6 Å². The Hall–Kier alpha value is -0.810. The van der Waals surface area contributed by atoms with Crippen molar-refractivity contribution in [3.8, 4) is 0 Å². The maximum atomic E-state index is 13.0. The van der Waals surface area contributed by atoms with Gasteiger partial charge in [-0.05, 0) is 17.7 Å². The molecule has 0 aromatic heterocycles. The maximum Gasteiger partial charge on any atom is 0.419 e. The van der Waals surface area contributed by atoms with Gasteiger partial charge >= 0.3 is 6.18 Å². The first kappa shape index (κ1) is 12.3. The lowest BCUT2D eigenvalue weighted by Crippen LogP contribution is -2.09. The third-order valence-electron chi connectivity index (χ3n) is 1.83. The van der Waals surface area contributed by atoms with E-state index in [1.54, 1.807) is 0 Å². The first-order valence-electron chi connectivity index (χ1n) is 3.97. The molecule has 1 aromatic rings. The molecule has 1 atom stereocenters. The highest BCUT2D eigenvalue weighted by Crippen LogP contribution is 2.32. The number of hydrogen-bond acceptors (Lipinski definition) is 1. The Kier molecular flexibility index (Phi) is 3.57. The van der Waals surface area contributed by atoms with Crippen molar-refractivity contribution in [1.29, 1.82) is 0 Å². The average Bonchev–Trinajstić information content (AvgIpc) is 2.14. The van der Waals surface area contributed by atoms with Crippen LogP contribution in [0.15, 0.2) is 18.2 Å². The molecule has 0 aliphatic rings. The smallest absolute Gasteiger partial charge is 0.387 e. The Morgan fingerprint density at radius 3 is 2.33 bits per heavy atom. The Balaban J connectivity index is 3.09. The van der Waals surface area contributed by atoms with Crippen molar-refractivity contribution in [2.45, 2.75) is 12.3 Å². The topological polar surface area (TPSA) is 20.2 Å². The second-order valence-corrected chi connectivity index (χ2v) is 3.22. The van der Waals surface area contributed by atoms with E-state index in [0.29, 0.717) is 12.1 Å². The van der Waals surface area contributed by atoms with Crippen LogP contribution in [0.4, 0.5) is 17.6 Å². The molecule has 15 heavy (non-hydrogen) atoms. The molecule has 0 saturated carbocycles. The van der Waals surface area contributed by atoms with Gasteiger partial charge in [-0.25, -0.2) is 4.39 Å². The highest BCUT2D eigenvalue weighted by atomic mass is 35.5. The molecule has 0 heterocycles. The lowest BCUT2D eigenvalue weighted by atomic mass is 10.1. The average molecular weight is 243 g/mol. The van der Waals surface area contributed by atoms with Crippen LogP contribution in [0.1, 0.15) is 17.2 Å². The molecule has 0 spiro atoms. The van der Waals surface area contributed by atoms with Crippen LogP contribution in [-0.2, 0) is 6.18 Å². The van der Waals surface area contributed by atoms with Crippen LogP contribution in [0.5, 0.6) is 0 Å². The van der Waals surface area contributed by atoms with E-state index in [9.17, 15) is 17.6 Å². The van der Waals surface area contributed by atoms with Gasteiger partial charge < -0.3 is 5.11 Å². The maximum absolute atomic E-state index is 13.0. The summed E-state index contributed by atoms with van der Waals surface area (Å²) in [4.78, 5) is 0. The summed E-state index contributed by atoms with van der Waals surface area (Å²) in [5.74, 6) is -1.62. The largest absolute Gasteiger partial charge is 0.419 e. The highest BCUT2D eigenvalue weighted by molar-refractivity contribution is 6.18. The third-order valence-corrected chi connectivity index (χ3v) is 2.12. The van der Waals surface area contributed by atoms with Crippen molar-refractivity contribution in [2.75, 3.05) is 5.88 Å². The molecule has 0 aliphatic carbocycles. The molecular weight excluding hydrogens is 236 g/mol. The minimum absolute atomic E-state index is 0.0236. The fraction of sp³-hybridized carbons (Fsp3) is 0.333. The predicted octanol–water partition coefficient (Wildman–Crippen LogP) is 3.12. The summed E-state index contributed by atoms with van der Waals surface area (Å²) in [6.07, 6.45) is -5.89. The SMILES string of the molecule is O[C@@H](CCl)c1ccc(C(F)(F)F)c(F)c1. The summed E-state index contributed by atoms with van der Waals surface area (Å²) in [6.45, 7) is 0. The molecule has 1 rings (SSSR count). The van der Waals surface area contributed by atoms with Gasteiger partial charge in [0.25, 0.3) is 0 Å². The van der Waals surface area contributed by atoms with Crippen LogP contribution in [0.2, 0.25) is 0 Å². The normalized spacial score (nSPS) is 14.0. The summed E-state index contributed by atoms with van der Waals surface area (Å²) >= 11 is 5.27. The predicted molar refractivity (Wildman–Crippen MR) is 47.1 cm³/mol. The Labute approximate surface area is 88.3 Å². The van der Waals surface area contributed by atoms with Crippen LogP contribution in [-0.4, -0.2) is 11.0 Å². The first-order valence-corrected chi connectivity index (χ1v) is 4.50. The van der Waals surface area contributed by atoms with Gasteiger partial charge in [-0.3, -0.25) is 0 Å². The molecule has 6 heteroatoms. The van der Waals surface area contributed by atoms with Crippen molar-refractivity contribution in [1.82, 2.24) is 0 Å². The molecule has 0 fully saturated rings. The number of hydrogen-bond donors (Lipinski definition) is 1. The van der Waals surface area contributed by atoms with Crippen LogP contribution in [0, 0.1) is 5.82 Å². The number of halogens is 5. The molecule has 1 aromatic carbocycles. The van der Waals surface area contributed by atoms with E-state index < -0.39 is 23.7 Å². The quantitative estimate of drug-likeness (QED) is 0.624. The van der Waals surface area contributed by atoms with E-state index in [1.165, 1.54) is 0 Å². The van der Waals surface area contributed by atoms with Crippen molar-refractivity contribution in [2.24, 2.45) is 0 Å². The second kappa shape index (κ2) is 4.37. The molecule has 0 bridgehead atoms. The third kappa shape index (κ3) is 2.82. The standard InChI is InChI=1S/C9H7ClF4O/c10-4-8(15)5-1-2-6(7(11)3-5)9(12,13)14/h1-3,8,15H,4H2/t8-/m0/s1. The van der Waals surface area contributed by atoms with Gasteiger partial charge in [0.2, 0.25) is 0 Å². The zero-order valence-corrected chi connectivity index (χ0v) is 8.11. The van der Waals surface area contributed by atoms with Crippen LogP contribution in [0.3, 0.4) is 0 Å². The van der Waals surface area contributed by atoms with Crippen molar-refractivity contribution in [3.63, 3.8) is 0 Å². The number of alkyl halides is 4. The van der Waals surface area contributed by atoms with E-state index >= 15 is 0 Å². The van der Waals surface area contributed by atoms with Gasteiger partial charge in [-0.2, -0.15) is 13.2 Å². The Bertz CT molecular complexity index is 350. The summed E-state index contributed by atoms with van der Waals surface area (Å²) < 4.78 is 49.4. The molecule has 1 N–H and O–H groups in total. The van der Waals surface area contributed by atoms with E-state index in [1.807, 2.05) is 0 Å². The minimum atomic E-state index is -4.73. The zero-order chi connectivity index (χ0) is 11.6. The zero-order valence-electron chi connectivity index (χ0n) is 7.35. The minimum Gasteiger partial charge on any atom is -0.387 e. The molecular formula is C9H7ClF4O. The molecule has 0 aliphatic heterocycles. The summed E-state index contributed by atoms with van der Waals surface area (Å²) in [5.41, 5.74) is -1.33. The second-order valence-electron chi connectivity index (χ2n) is 2.91. The number of aliphatic hydroxyl groups excluding tert-OH is 1. The van der Waals surface area contributed by atoms with Crippen LogP contribution in [0.25, 0.3) is 0 Å². The number of benzene rings is 1. The van der Waals surface area contributed by atoms with E-state index in [0.717, 1.165) is 6.07 Å². The van der Waals surface area contributed by atoms with Gasteiger partial charge in [0.05, 0.1) is 17.5 Å². The monoisotopic (exact) mass is 242 g/mol. The van der Waals surface area contributed by atoms with Crippen molar-refractivity contribution >= 4 is 11.6 Å². The first-order chi connectivity index (χ1) is 6.86. The fourth-order valence-corrected chi connectivity index (χ4v) is 1.24. The molecule has 0 saturated heterocycles. The van der Waals surface area contributed by atoms with Crippen molar-refractivity contribution in [3.05, 3.63) is 35.1 Å². The Morgan fingerprint density at radius 1 is 1.33 bits per heavy atom. The lowest BCUT2D eigenvalue weighted by Gasteiger charge is -2.11. The summed E-state index contributed by atoms with van der Waals surface area (Å²) in [5, 5.41) is 9.17. The van der Waals surface area contributed by atoms with E-state index in [4.69, 9.17) is 16.7 Å². The van der Waals surface area contributed by atoms with Gasteiger partial charge in [0, 0.05) is 0 Å². The summed E-state index contributed by atoms with van der Waals surface area (Å²) in [7, 11) is 0. The van der Waals surface area contributed by atoms with Crippen molar-refractivity contribution < 1.29 is 22.7 Å².